The molecule has 2 aromatic rings. The van der Waals surface area contributed by atoms with Gasteiger partial charge in [-0.3, -0.25) is 0 Å². The van der Waals surface area contributed by atoms with E-state index in [-0.39, 0.29) is 12.1 Å². The van der Waals surface area contributed by atoms with Crippen LogP contribution in [0.3, 0.4) is 0 Å². The van der Waals surface area contributed by atoms with Crippen LogP contribution in [-0.2, 0) is 4.74 Å². The van der Waals surface area contributed by atoms with Crippen molar-refractivity contribution in [3.8, 4) is 0 Å². The van der Waals surface area contributed by atoms with Gasteiger partial charge in [0.15, 0.2) is 0 Å². The van der Waals surface area contributed by atoms with Crippen LogP contribution < -0.4 is 5.32 Å². The Labute approximate surface area is 141 Å². The predicted octanol–water partition coefficient (Wildman–Crippen LogP) is 4.17. The summed E-state index contributed by atoms with van der Waals surface area (Å²) in [6.07, 6.45) is 2.16. The number of carbonyl (C=O) groups excluding carboxylic acids is 1. The lowest BCUT2D eigenvalue weighted by atomic mass is 10.1. The lowest BCUT2D eigenvalue weighted by Gasteiger charge is -2.32. The van der Waals surface area contributed by atoms with Crippen LogP contribution in [0.4, 0.5) is 4.79 Å². The molecule has 2 amide bonds. The van der Waals surface area contributed by atoms with Crippen LogP contribution in [0.15, 0.2) is 29.6 Å². The van der Waals surface area contributed by atoms with Crippen LogP contribution in [0.2, 0.25) is 0 Å². The van der Waals surface area contributed by atoms with Gasteiger partial charge in [-0.2, -0.15) is 0 Å². The van der Waals surface area contributed by atoms with Gasteiger partial charge in [0.25, 0.3) is 0 Å². The molecule has 1 aromatic heterocycles. The molecule has 0 spiro atoms. The largest absolute Gasteiger partial charge is 0.378 e. The second-order valence-corrected chi connectivity index (χ2v) is 6.91. The molecule has 1 fully saturated rings. The molecule has 0 unspecified atom stereocenters. The number of likely N-dealkylation sites (tertiary alicyclic amines) is 1. The molecule has 1 aromatic carbocycles. The van der Waals surface area contributed by atoms with E-state index in [9.17, 15) is 4.79 Å². The number of hydrogen-bond donors (Lipinski definition) is 1. The quantitative estimate of drug-likeness (QED) is 0.913. The van der Waals surface area contributed by atoms with Crippen molar-refractivity contribution in [2.75, 3.05) is 19.7 Å². The first-order valence-electron chi connectivity index (χ1n) is 8.32. The smallest absolute Gasteiger partial charge is 0.317 e. The van der Waals surface area contributed by atoms with Crippen molar-refractivity contribution < 1.29 is 9.53 Å². The summed E-state index contributed by atoms with van der Waals surface area (Å²) >= 11 is 1.73. The first kappa shape index (κ1) is 16.3. The topological polar surface area (TPSA) is 41.6 Å². The maximum Gasteiger partial charge on any atom is 0.317 e. The lowest BCUT2D eigenvalue weighted by Crippen LogP contribution is -2.46. The van der Waals surface area contributed by atoms with E-state index in [0.717, 1.165) is 32.5 Å². The molecule has 1 atom stereocenters. The Morgan fingerprint density at radius 2 is 2.13 bits per heavy atom. The first-order chi connectivity index (χ1) is 11.2. The molecule has 3 rings (SSSR count). The second kappa shape index (κ2) is 7.32. The minimum Gasteiger partial charge on any atom is -0.378 e. The maximum atomic E-state index is 12.5. The number of benzene rings is 1. The van der Waals surface area contributed by atoms with Crippen LogP contribution in [0.1, 0.15) is 38.3 Å². The molecule has 4 nitrogen and oxygen atoms in total. The van der Waals surface area contributed by atoms with Crippen LogP contribution >= 0.6 is 11.3 Å². The molecule has 0 bridgehead atoms. The SMILES string of the molecule is CCOC1CCN(C(=O)N[C@H](C)c2csc3ccccc23)CC1. The van der Waals surface area contributed by atoms with Crippen LogP contribution in [0, 0.1) is 0 Å². The molecule has 23 heavy (non-hydrogen) atoms. The Morgan fingerprint density at radius 1 is 1.39 bits per heavy atom. The molecule has 5 heteroatoms. The average Bonchev–Trinajstić information content (AvgIpc) is 3.00. The van der Waals surface area contributed by atoms with Gasteiger partial charge >= 0.3 is 6.03 Å². The van der Waals surface area contributed by atoms with E-state index in [1.54, 1.807) is 11.3 Å². The monoisotopic (exact) mass is 332 g/mol. The van der Waals surface area contributed by atoms with Gasteiger partial charge in [-0.25, -0.2) is 4.79 Å². The molecule has 1 saturated heterocycles. The van der Waals surface area contributed by atoms with Crippen LogP contribution in [0.5, 0.6) is 0 Å². The number of ether oxygens (including phenoxy) is 1. The molecule has 0 radical (unpaired) electrons. The summed E-state index contributed by atoms with van der Waals surface area (Å²) in [5, 5.41) is 6.53. The zero-order chi connectivity index (χ0) is 16.2. The number of piperidine rings is 1. The lowest BCUT2D eigenvalue weighted by molar-refractivity contribution is 0.0218. The predicted molar refractivity (Wildman–Crippen MR) is 95.0 cm³/mol. The van der Waals surface area contributed by atoms with E-state index in [4.69, 9.17) is 4.74 Å². The number of carbonyl (C=O) groups is 1. The molecule has 1 N–H and O–H groups in total. The van der Waals surface area contributed by atoms with E-state index < -0.39 is 0 Å². The van der Waals surface area contributed by atoms with Crippen molar-refractivity contribution in [2.45, 2.75) is 38.8 Å². The molecule has 1 aliphatic heterocycles. The van der Waals surface area contributed by atoms with Crippen molar-refractivity contribution in [3.05, 3.63) is 35.2 Å². The summed E-state index contributed by atoms with van der Waals surface area (Å²) in [5.74, 6) is 0. The van der Waals surface area contributed by atoms with Gasteiger partial charge in [0.2, 0.25) is 0 Å². The molecule has 0 saturated carbocycles. The highest BCUT2D eigenvalue weighted by atomic mass is 32.1. The Bertz CT molecular complexity index is 662. The van der Waals surface area contributed by atoms with Crippen LogP contribution in [-0.4, -0.2) is 36.7 Å². The number of rotatable bonds is 4. The summed E-state index contributed by atoms with van der Waals surface area (Å²) in [5.41, 5.74) is 1.20. The van der Waals surface area contributed by atoms with Gasteiger partial charge in [0.1, 0.15) is 0 Å². The summed E-state index contributed by atoms with van der Waals surface area (Å²) in [6.45, 7) is 6.37. The van der Waals surface area contributed by atoms with Crippen LogP contribution in [0.25, 0.3) is 10.1 Å². The Balaban J connectivity index is 1.60. The summed E-state index contributed by atoms with van der Waals surface area (Å²) in [4.78, 5) is 14.4. The van der Waals surface area contributed by atoms with Gasteiger partial charge in [-0.1, -0.05) is 18.2 Å². The Kier molecular flexibility index (Phi) is 5.18. The second-order valence-electron chi connectivity index (χ2n) is 6.00. The fourth-order valence-electron chi connectivity index (χ4n) is 3.15. The molecular formula is C18H24N2O2S. The Morgan fingerprint density at radius 3 is 2.87 bits per heavy atom. The van der Waals surface area contributed by atoms with Crippen molar-refractivity contribution in [1.29, 1.82) is 0 Å². The average molecular weight is 332 g/mol. The molecule has 2 heterocycles. The summed E-state index contributed by atoms with van der Waals surface area (Å²) in [6, 6.07) is 8.39. The highest BCUT2D eigenvalue weighted by Gasteiger charge is 2.24. The van der Waals surface area contributed by atoms with Gasteiger partial charge in [-0.05, 0) is 49.1 Å². The van der Waals surface area contributed by atoms with E-state index >= 15 is 0 Å². The summed E-state index contributed by atoms with van der Waals surface area (Å²) < 4.78 is 6.91. The number of amides is 2. The van der Waals surface area contributed by atoms with E-state index in [0.29, 0.717) is 6.10 Å². The third-order valence-electron chi connectivity index (χ3n) is 4.45. The normalized spacial score (nSPS) is 17.4. The van der Waals surface area contributed by atoms with Gasteiger partial charge in [0.05, 0.1) is 12.1 Å². The van der Waals surface area contributed by atoms with Gasteiger partial charge in [-0.15, -0.1) is 11.3 Å². The van der Waals surface area contributed by atoms with E-state index in [1.807, 2.05) is 24.0 Å². The van der Waals surface area contributed by atoms with Crippen molar-refractivity contribution in [2.24, 2.45) is 0 Å². The number of nitrogens with zero attached hydrogens (tertiary/aromatic N) is 1. The zero-order valence-electron chi connectivity index (χ0n) is 13.7. The number of urea groups is 1. The van der Waals surface area contributed by atoms with E-state index in [1.165, 1.54) is 15.6 Å². The standard InChI is InChI=1S/C18H24N2O2S/c1-3-22-14-8-10-20(11-9-14)18(21)19-13(2)16-12-23-17-7-5-4-6-15(16)17/h4-7,12-14H,3,8-11H2,1-2H3,(H,19,21)/t13-/m1/s1. The summed E-state index contributed by atoms with van der Waals surface area (Å²) in [7, 11) is 0. The number of fused-ring (bicyclic) bond motifs is 1. The van der Waals surface area contributed by atoms with Gasteiger partial charge in [0, 0.05) is 24.4 Å². The number of thiophene rings is 1. The molecule has 124 valence electrons. The fraction of sp³-hybridized carbons (Fsp3) is 0.500. The first-order valence-corrected chi connectivity index (χ1v) is 9.20. The molecule has 0 aliphatic carbocycles. The third-order valence-corrected chi connectivity index (χ3v) is 5.43. The Hall–Kier alpha value is -1.59. The fourth-order valence-corrected chi connectivity index (χ4v) is 4.20. The number of nitrogens with one attached hydrogen (secondary N) is 1. The third kappa shape index (κ3) is 3.67. The van der Waals surface area contributed by atoms with E-state index in [2.05, 4.69) is 29.8 Å². The molecule has 1 aliphatic rings. The number of hydrogen-bond acceptors (Lipinski definition) is 3. The molecular weight excluding hydrogens is 308 g/mol. The minimum absolute atomic E-state index is 0.0169. The highest BCUT2D eigenvalue weighted by Crippen LogP contribution is 2.30. The zero-order valence-corrected chi connectivity index (χ0v) is 14.6. The van der Waals surface area contributed by atoms with Crippen molar-refractivity contribution >= 4 is 27.5 Å². The maximum absolute atomic E-state index is 12.5. The van der Waals surface area contributed by atoms with Gasteiger partial charge < -0.3 is 15.0 Å². The minimum atomic E-state index is 0.0169. The van der Waals surface area contributed by atoms with Crippen molar-refractivity contribution in [1.82, 2.24) is 10.2 Å². The highest BCUT2D eigenvalue weighted by molar-refractivity contribution is 7.17. The van der Waals surface area contributed by atoms with Crippen molar-refractivity contribution in [3.63, 3.8) is 0 Å².